The maximum Gasteiger partial charge on any atom is 0.193 e. The van der Waals surface area contributed by atoms with Crippen molar-refractivity contribution >= 4 is 5.96 Å². The fraction of sp³-hybridized carbons (Fsp3) is 0.640. The van der Waals surface area contributed by atoms with Gasteiger partial charge in [0.1, 0.15) is 11.6 Å². The van der Waals surface area contributed by atoms with Gasteiger partial charge in [-0.25, -0.2) is 0 Å². The molecule has 0 aliphatic carbocycles. The molecule has 0 saturated carbocycles. The Morgan fingerprint density at radius 1 is 1.06 bits per heavy atom. The highest BCUT2D eigenvalue weighted by Gasteiger charge is 2.21. The molecule has 2 aliphatic rings. The van der Waals surface area contributed by atoms with Gasteiger partial charge in [-0.1, -0.05) is 36.8 Å². The molecule has 6 heteroatoms. The van der Waals surface area contributed by atoms with Gasteiger partial charge in [-0.3, -0.25) is 4.99 Å². The molecule has 0 amide bonds. The number of aromatic nitrogens is 3. The average Bonchev–Trinajstić information content (AvgIpc) is 3.03. The highest BCUT2D eigenvalue weighted by atomic mass is 15.3. The largest absolute Gasteiger partial charge is 0.357 e. The molecule has 168 valence electrons. The van der Waals surface area contributed by atoms with Crippen LogP contribution in [0.25, 0.3) is 0 Å². The van der Waals surface area contributed by atoms with Gasteiger partial charge in [0, 0.05) is 45.6 Å². The van der Waals surface area contributed by atoms with E-state index in [-0.39, 0.29) is 0 Å². The molecular formula is C25H38N6. The number of aliphatic imine (C=N–C) groups is 1. The van der Waals surface area contributed by atoms with Crippen molar-refractivity contribution in [2.24, 2.45) is 10.9 Å². The van der Waals surface area contributed by atoms with Crippen LogP contribution in [0.2, 0.25) is 0 Å². The quantitative estimate of drug-likeness (QED) is 0.418. The Kier molecular flexibility index (Phi) is 7.97. The maximum absolute atomic E-state index is 4.95. The monoisotopic (exact) mass is 422 g/mol. The Hall–Kier alpha value is -2.37. The van der Waals surface area contributed by atoms with Crippen molar-refractivity contribution in [2.75, 3.05) is 26.2 Å². The summed E-state index contributed by atoms with van der Waals surface area (Å²) in [5.74, 6) is 4.20. The van der Waals surface area contributed by atoms with E-state index in [9.17, 15) is 0 Å². The Morgan fingerprint density at radius 3 is 2.71 bits per heavy atom. The van der Waals surface area contributed by atoms with E-state index < -0.39 is 0 Å². The number of fused-ring (bicyclic) bond motifs is 1. The van der Waals surface area contributed by atoms with Crippen LogP contribution in [0, 0.1) is 5.92 Å². The lowest BCUT2D eigenvalue weighted by molar-refractivity contribution is 0.259. The molecule has 1 fully saturated rings. The summed E-state index contributed by atoms with van der Waals surface area (Å²) in [5, 5.41) is 12.4. The predicted octanol–water partition coefficient (Wildman–Crippen LogP) is 3.86. The summed E-state index contributed by atoms with van der Waals surface area (Å²) in [7, 11) is 0. The number of aryl methyl sites for hydroxylation is 2. The molecule has 6 nitrogen and oxygen atoms in total. The molecule has 1 saturated heterocycles. The first kappa shape index (κ1) is 21.8. The van der Waals surface area contributed by atoms with Crippen LogP contribution in [-0.2, 0) is 25.8 Å². The number of likely N-dealkylation sites (tertiary alicyclic amines) is 1. The average molecular weight is 423 g/mol. The van der Waals surface area contributed by atoms with Crippen molar-refractivity contribution in [3.8, 4) is 0 Å². The number of guanidine groups is 1. The molecule has 2 aromatic rings. The van der Waals surface area contributed by atoms with Crippen molar-refractivity contribution in [3.05, 3.63) is 47.5 Å². The second-order valence-electron chi connectivity index (χ2n) is 8.95. The molecule has 1 aromatic heterocycles. The van der Waals surface area contributed by atoms with E-state index in [0.717, 1.165) is 69.7 Å². The number of nitrogens with one attached hydrogen (secondary N) is 1. The third-order valence-electron chi connectivity index (χ3n) is 6.62. The maximum atomic E-state index is 4.95. The Balaban J connectivity index is 1.25. The summed E-state index contributed by atoms with van der Waals surface area (Å²) in [6, 6.07) is 10.9. The molecular weight excluding hydrogens is 384 g/mol. The predicted molar refractivity (Wildman–Crippen MR) is 126 cm³/mol. The van der Waals surface area contributed by atoms with Gasteiger partial charge in [0.2, 0.25) is 0 Å². The van der Waals surface area contributed by atoms with Gasteiger partial charge in [-0.05, 0) is 56.9 Å². The van der Waals surface area contributed by atoms with Crippen LogP contribution in [0.1, 0.15) is 62.7 Å². The van der Waals surface area contributed by atoms with Crippen LogP contribution in [0.3, 0.4) is 0 Å². The number of rotatable bonds is 7. The lowest BCUT2D eigenvalue weighted by Gasteiger charge is -2.34. The fourth-order valence-electron chi connectivity index (χ4n) is 4.87. The van der Waals surface area contributed by atoms with Crippen molar-refractivity contribution in [3.63, 3.8) is 0 Å². The molecule has 0 bridgehead atoms. The number of hydrogen-bond donors (Lipinski definition) is 1. The fourth-order valence-corrected chi connectivity index (χ4v) is 4.87. The zero-order valence-corrected chi connectivity index (χ0v) is 19.1. The summed E-state index contributed by atoms with van der Waals surface area (Å²) < 4.78 is 2.36. The van der Waals surface area contributed by atoms with E-state index in [1.54, 1.807) is 0 Å². The van der Waals surface area contributed by atoms with Crippen LogP contribution >= 0.6 is 0 Å². The van der Waals surface area contributed by atoms with Crippen molar-refractivity contribution in [1.29, 1.82) is 0 Å². The number of benzene rings is 1. The summed E-state index contributed by atoms with van der Waals surface area (Å²) in [6.45, 7) is 7.20. The second-order valence-corrected chi connectivity index (χ2v) is 8.95. The van der Waals surface area contributed by atoms with Gasteiger partial charge in [0.15, 0.2) is 5.96 Å². The minimum Gasteiger partial charge on any atom is -0.357 e. The summed E-state index contributed by atoms with van der Waals surface area (Å²) in [4.78, 5) is 7.40. The van der Waals surface area contributed by atoms with Crippen LogP contribution in [0.15, 0.2) is 35.3 Å². The minimum atomic E-state index is 0.782. The van der Waals surface area contributed by atoms with E-state index in [1.165, 1.54) is 49.9 Å². The zero-order chi connectivity index (χ0) is 21.3. The van der Waals surface area contributed by atoms with Crippen molar-refractivity contribution in [2.45, 2.75) is 71.3 Å². The highest BCUT2D eigenvalue weighted by Crippen LogP contribution is 2.22. The molecule has 0 atom stereocenters. The van der Waals surface area contributed by atoms with Gasteiger partial charge in [0.25, 0.3) is 0 Å². The number of hydrogen-bond acceptors (Lipinski definition) is 3. The third-order valence-corrected chi connectivity index (χ3v) is 6.62. The van der Waals surface area contributed by atoms with Crippen LogP contribution < -0.4 is 5.32 Å². The van der Waals surface area contributed by atoms with Crippen molar-refractivity contribution in [1.82, 2.24) is 25.0 Å². The Bertz CT molecular complexity index is 820. The Morgan fingerprint density at radius 2 is 1.90 bits per heavy atom. The van der Waals surface area contributed by atoms with E-state index in [1.807, 2.05) is 0 Å². The normalized spacial score (nSPS) is 18.0. The van der Waals surface area contributed by atoms with Crippen LogP contribution in [0.5, 0.6) is 0 Å². The van der Waals surface area contributed by atoms with Gasteiger partial charge in [0.05, 0.1) is 0 Å². The standard InChI is InChI=1S/C25H38N6/c1-2-26-25(30-18-14-22(15-19-30)20-21-10-5-3-6-11-21)27-16-9-13-24-29-28-23-12-7-4-8-17-31(23)24/h3,5-6,10-11,22H,2,4,7-9,12-20H2,1H3,(H,26,27). The summed E-state index contributed by atoms with van der Waals surface area (Å²) >= 11 is 0. The first-order chi connectivity index (χ1) is 15.3. The Labute approximate surface area is 187 Å². The highest BCUT2D eigenvalue weighted by molar-refractivity contribution is 5.80. The molecule has 2 aliphatic heterocycles. The zero-order valence-electron chi connectivity index (χ0n) is 19.1. The first-order valence-electron chi connectivity index (χ1n) is 12.3. The molecule has 4 rings (SSSR count). The van der Waals surface area contributed by atoms with Crippen LogP contribution in [-0.4, -0.2) is 51.8 Å². The number of piperidine rings is 1. The minimum absolute atomic E-state index is 0.782. The molecule has 0 unspecified atom stereocenters. The smallest absolute Gasteiger partial charge is 0.193 e. The van der Waals surface area contributed by atoms with E-state index in [4.69, 9.17) is 4.99 Å². The van der Waals surface area contributed by atoms with E-state index in [2.05, 4.69) is 62.2 Å². The molecule has 1 N–H and O–H groups in total. The number of nitrogens with zero attached hydrogens (tertiary/aromatic N) is 5. The molecule has 0 radical (unpaired) electrons. The molecule has 3 heterocycles. The lowest BCUT2D eigenvalue weighted by atomic mass is 9.90. The molecule has 1 aromatic carbocycles. The first-order valence-corrected chi connectivity index (χ1v) is 12.3. The lowest BCUT2D eigenvalue weighted by Crippen LogP contribution is -2.46. The van der Waals surface area contributed by atoms with Gasteiger partial charge in [-0.2, -0.15) is 0 Å². The van der Waals surface area contributed by atoms with Gasteiger partial charge < -0.3 is 14.8 Å². The third kappa shape index (κ3) is 6.08. The van der Waals surface area contributed by atoms with Gasteiger partial charge in [-0.15, -0.1) is 10.2 Å². The SMILES string of the molecule is CCNC(=NCCCc1nnc2n1CCCCC2)N1CCC(Cc2ccccc2)CC1. The molecule has 31 heavy (non-hydrogen) atoms. The second kappa shape index (κ2) is 11.3. The van der Waals surface area contributed by atoms with Crippen molar-refractivity contribution < 1.29 is 0 Å². The topological polar surface area (TPSA) is 58.3 Å². The molecule has 0 spiro atoms. The van der Waals surface area contributed by atoms with Crippen LogP contribution in [0.4, 0.5) is 0 Å². The summed E-state index contributed by atoms with van der Waals surface area (Å²) in [6.07, 6.45) is 10.6. The van der Waals surface area contributed by atoms with E-state index >= 15 is 0 Å². The summed E-state index contributed by atoms with van der Waals surface area (Å²) in [5.41, 5.74) is 1.47. The van der Waals surface area contributed by atoms with E-state index in [0.29, 0.717) is 0 Å². The van der Waals surface area contributed by atoms with Gasteiger partial charge >= 0.3 is 0 Å².